The summed E-state index contributed by atoms with van der Waals surface area (Å²) in [5.74, 6) is 0.109. The summed E-state index contributed by atoms with van der Waals surface area (Å²) in [5.41, 5.74) is 1.90. The predicted octanol–water partition coefficient (Wildman–Crippen LogP) is 3.00. The number of rotatable bonds is 6. The Bertz CT molecular complexity index is 491. The van der Waals surface area contributed by atoms with E-state index in [2.05, 4.69) is 16.9 Å². The third kappa shape index (κ3) is 3.50. The molecule has 18 heavy (non-hydrogen) atoms. The second kappa shape index (κ2) is 6.44. The van der Waals surface area contributed by atoms with Crippen LogP contribution in [0.4, 0.5) is 0 Å². The molecule has 0 aliphatic carbocycles. The fraction of sp³-hybridized carbons (Fsp3) is 0.385. The van der Waals surface area contributed by atoms with Gasteiger partial charge in [-0.1, -0.05) is 37.2 Å². The van der Waals surface area contributed by atoms with Gasteiger partial charge in [-0.15, -0.1) is 0 Å². The summed E-state index contributed by atoms with van der Waals surface area (Å²) >= 11 is 1.37. The van der Waals surface area contributed by atoms with E-state index in [9.17, 15) is 4.79 Å². The molecule has 1 aromatic carbocycles. The maximum Gasteiger partial charge on any atom is 0.316 e. The summed E-state index contributed by atoms with van der Waals surface area (Å²) in [5, 5.41) is 0.753. The molecule has 0 aliphatic heterocycles. The van der Waals surface area contributed by atoms with E-state index in [-0.39, 0.29) is 5.97 Å². The van der Waals surface area contributed by atoms with Crippen LogP contribution in [0.3, 0.4) is 0 Å². The maximum absolute atomic E-state index is 11.4. The molecule has 5 heteroatoms. The van der Waals surface area contributed by atoms with Crippen LogP contribution in [0.25, 0.3) is 11.0 Å². The monoisotopic (exact) mass is 264 g/mol. The number of carbonyl (C=O) groups excluding carboxylic acids is 1. The first-order chi connectivity index (χ1) is 8.79. The Balaban J connectivity index is 1.84. The highest BCUT2D eigenvalue weighted by Gasteiger charge is 2.07. The quantitative estimate of drug-likeness (QED) is 0.495. The molecule has 0 bridgehead atoms. The van der Waals surface area contributed by atoms with Gasteiger partial charge >= 0.3 is 5.97 Å². The molecule has 0 unspecified atom stereocenters. The van der Waals surface area contributed by atoms with Gasteiger partial charge in [0.1, 0.15) is 0 Å². The average molecular weight is 264 g/mol. The lowest BCUT2D eigenvalue weighted by atomic mass is 10.3. The highest BCUT2D eigenvalue weighted by molar-refractivity contribution is 7.99. The van der Waals surface area contributed by atoms with Crippen LogP contribution in [0, 0.1) is 0 Å². The standard InChI is InChI=1S/C13H16N2O2S/c1-2-3-8-17-12(16)9-18-13-14-10-6-4-5-7-11(10)15-13/h4-7H,2-3,8-9H2,1H3,(H,14,15). The summed E-state index contributed by atoms with van der Waals surface area (Å²) < 4.78 is 5.08. The van der Waals surface area contributed by atoms with E-state index in [0.29, 0.717) is 12.4 Å². The number of aromatic amines is 1. The molecule has 0 saturated heterocycles. The number of esters is 1. The van der Waals surface area contributed by atoms with Gasteiger partial charge < -0.3 is 9.72 Å². The number of H-pyrrole nitrogens is 1. The highest BCUT2D eigenvalue weighted by atomic mass is 32.2. The van der Waals surface area contributed by atoms with Crippen LogP contribution in [0.5, 0.6) is 0 Å². The number of nitrogens with one attached hydrogen (secondary N) is 1. The minimum absolute atomic E-state index is 0.186. The number of fused-ring (bicyclic) bond motifs is 1. The van der Waals surface area contributed by atoms with Crippen molar-refractivity contribution in [1.82, 2.24) is 9.97 Å². The Morgan fingerprint density at radius 3 is 3.06 bits per heavy atom. The van der Waals surface area contributed by atoms with Gasteiger partial charge in [0.05, 0.1) is 23.4 Å². The van der Waals surface area contributed by atoms with Crippen molar-refractivity contribution in [2.24, 2.45) is 0 Å². The van der Waals surface area contributed by atoms with Crippen molar-refractivity contribution < 1.29 is 9.53 Å². The number of benzene rings is 1. The zero-order valence-electron chi connectivity index (χ0n) is 10.3. The number of aromatic nitrogens is 2. The normalized spacial score (nSPS) is 10.7. The Labute approximate surface area is 110 Å². The number of thioether (sulfide) groups is 1. The van der Waals surface area contributed by atoms with Crippen LogP contribution >= 0.6 is 11.8 Å². The molecular formula is C13H16N2O2S. The molecule has 0 aliphatic rings. The Kier molecular flexibility index (Phi) is 4.64. The number of carbonyl (C=O) groups is 1. The molecule has 0 spiro atoms. The molecule has 0 radical (unpaired) electrons. The largest absolute Gasteiger partial charge is 0.465 e. The van der Waals surface area contributed by atoms with Crippen molar-refractivity contribution in [3.05, 3.63) is 24.3 Å². The van der Waals surface area contributed by atoms with Crippen molar-refractivity contribution in [2.45, 2.75) is 24.9 Å². The zero-order chi connectivity index (χ0) is 12.8. The number of hydrogen-bond acceptors (Lipinski definition) is 4. The Morgan fingerprint density at radius 1 is 1.44 bits per heavy atom. The van der Waals surface area contributed by atoms with E-state index < -0.39 is 0 Å². The summed E-state index contributed by atoms with van der Waals surface area (Å²) in [6.07, 6.45) is 1.95. The van der Waals surface area contributed by atoms with Gasteiger partial charge in [-0.3, -0.25) is 4.79 Å². The van der Waals surface area contributed by atoms with E-state index in [1.165, 1.54) is 11.8 Å². The third-order valence-electron chi connectivity index (χ3n) is 2.46. The van der Waals surface area contributed by atoms with Crippen molar-refractivity contribution in [1.29, 1.82) is 0 Å². The van der Waals surface area contributed by atoms with E-state index in [1.807, 2.05) is 24.3 Å². The first-order valence-corrected chi connectivity index (χ1v) is 7.01. The summed E-state index contributed by atoms with van der Waals surface area (Å²) in [6, 6.07) is 7.80. The number of ether oxygens (including phenoxy) is 1. The fourth-order valence-electron chi connectivity index (χ4n) is 1.50. The van der Waals surface area contributed by atoms with E-state index in [0.717, 1.165) is 29.0 Å². The average Bonchev–Trinajstić information content (AvgIpc) is 2.79. The molecular weight excluding hydrogens is 248 g/mol. The van der Waals surface area contributed by atoms with E-state index >= 15 is 0 Å². The van der Waals surface area contributed by atoms with Gasteiger partial charge in [0.2, 0.25) is 0 Å². The molecule has 2 aromatic rings. The number of hydrogen-bond donors (Lipinski definition) is 1. The van der Waals surface area contributed by atoms with Gasteiger partial charge in [-0.05, 0) is 18.6 Å². The Morgan fingerprint density at radius 2 is 2.28 bits per heavy atom. The molecule has 0 atom stereocenters. The van der Waals surface area contributed by atoms with Crippen molar-refractivity contribution in [3.8, 4) is 0 Å². The molecule has 96 valence electrons. The molecule has 1 heterocycles. The smallest absolute Gasteiger partial charge is 0.316 e. The lowest BCUT2D eigenvalue weighted by Crippen LogP contribution is -2.08. The topological polar surface area (TPSA) is 55.0 Å². The predicted molar refractivity (Wildman–Crippen MR) is 72.7 cm³/mol. The highest BCUT2D eigenvalue weighted by Crippen LogP contribution is 2.19. The number of unbranched alkanes of at least 4 members (excludes halogenated alkanes) is 1. The lowest BCUT2D eigenvalue weighted by molar-refractivity contribution is -0.140. The van der Waals surface area contributed by atoms with Crippen LogP contribution in [-0.4, -0.2) is 28.3 Å². The van der Waals surface area contributed by atoms with Crippen LogP contribution in [0.2, 0.25) is 0 Å². The van der Waals surface area contributed by atoms with Crippen molar-refractivity contribution in [3.63, 3.8) is 0 Å². The van der Waals surface area contributed by atoms with Gasteiger partial charge in [0.15, 0.2) is 5.16 Å². The molecule has 0 amide bonds. The molecule has 4 nitrogen and oxygen atoms in total. The van der Waals surface area contributed by atoms with Crippen LogP contribution in [0.1, 0.15) is 19.8 Å². The van der Waals surface area contributed by atoms with Crippen LogP contribution in [0.15, 0.2) is 29.4 Å². The first-order valence-electron chi connectivity index (χ1n) is 6.02. The first kappa shape index (κ1) is 13.0. The molecule has 1 N–H and O–H groups in total. The molecule has 0 fully saturated rings. The second-order valence-corrected chi connectivity index (χ2v) is 4.89. The maximum atomic E-state index is 11.4. The van der Waals surface area contributed by atoms with Gasteiger partial charge in [-0.25, -0.2) is 4.98 Å². The van der Waals surface area contributed by atoms with Gasteiger partial charge in [0, 0.05) is 0 Å². The van der Waals surface area contributed by atoms with Crippen molar-refractivity contribution in [2.75, 3.05) is 12.4 Å². The fourth-order valence-corrected chi connectivity index (χ4v) is 2.18. The number of imidazole rings is 1. The molecule has 2 rings (SSSR count). The summed E-state index contributed by atoms with van der Waals surface area (Å²) in [4.78, 5) is 19.0. The van der Waals surface area contributed by atoms with E-state index in [4.69, 9.17) is 4.74 Å². The van der Waals surface area contributed by atoms with Crippen LogP contribution in [-0.2, 0) is 9.53 Å². The SMILES string of the molecule is CCCCOC(=O)CSc1nc2ccccc2[nH]1. The van der Waals surface area contributed by atoms with Crippen molar-refractivity contribution >= 4 is 28.8 Å². The molecule has 1 aromatic heterocycles. The van der Waals surface area contributed by atoms with Crippen LogP contribution < -0.4 is 0 Å². The number of para-hydroxylation sites is 2. The Hall–Kier alpha value is -1.49. The summed E-state index contributed by atoms with van der Waals surface area (Å²) in [7, 11) is 0. The third-order valence-corrected chi connectivity index (χ3v) is 3.30. The van der Waals surface area contributed by atoms with Gasteiger partial charge in [0.25, 0.3) is 0 Å². The lowest BCUT2D eigenvalue weighted by Gasteiger charge is -2.01. The molecule has 0 saturated carbocycles. The van der Waals surface area contributed by atoms with Gasteiger partial charge in [-0.2, -0.15) is 0 Å². The number of nitrogens with zero attached hydrogens (tertiary/aromatic N) is 1. The van der Waals surface area contributed by atoms with E-state index in [1.54, 1.807) is 0 Å². The zero-order valence-corrected chi connectivity index (χ0v) is 11.1. The minimum Gasteiger partial charge on any atom is -0.465 e. The summed E-state index contributed by atoms with van der Waals surface area (Å²) in [6.45, 7) is 2.58. The minimum atomic E-state index is -0.186. The second-order valence-electron chi connectivity index (χ2n) is 3.92.